The number of esters is 1. The highest BCUT2D eigenvalue weighted by molar-refractivity contribution is 5.73. The summed E-state index contributed by atoms with van der Waals surface area (Å²) in [5.74, 6) is -3.04. The molecular formula is C38H67NO13. The number of ether oxygens (including phenoxy) is 6. The predicted octanol–water partition coefficient (Wildman–Crippen LogP) is 1.99. The molecule has 0 aliphatic carbocycles. The van der Waals surface area contributed by atoms with Gasteiger partial charge in [-0.05, 0) is 88.3 Å². The molecule has 0 aromatic heterocycles. The largest absolute Gasteiger partial charge is 0.489 e. The van der Waals surface area contributed by atoms with E-state index in [1.54, 1.807) is 20.8 Å². The van der Waals surface area contributed by atoms with E-state index in [0.717, 1.165) is 5.57 Å². The average molecular weight is 746 g/mol. The van der Waals surface area contributed by atoms with Gasteiger partial charge in [-0.15, -0.1) is 0 Å². The van der Waals surface area contributed by atoms with Crippen molar-refractivity contribution < 1.29 is 63.9 Å². The number of aliphatic hydroxyl groups excluding tert-OH is 4. The van der Waals surface area contributed by atoms with E-state index >= 15 is 0 Å². The van der Waals surface area contributed by atoms with Gasteiger partial charge < -0.3 is 59.1 Å². The third-order valence-corrected chi connectivity index (χ3v) is 12.2. The SMILES string of the molecule is CC1=C2O[C@](C)(C1)[C@H](O[C@@H]1O[C@H](C)C[C@H](N(C)C(C)C)[C@H]1O)[C@@H](C)[C@H](O[C@H]1C[C@@](C)(O)[C@@H](O)[C@H](C)O1)[C@@H](C)C(=O)O[C@H](C(C)O)[C@@](C)(O)[C@H](O)[C@H]2C. The number of cyclic esters (lactones) is 1. The fourth-order valence-electron chi connectivity index (χ4n) is 8.87. The molecule has 52 heavy (non-hydrogen) atoms. The first-order valence-corrected chi connectivity index (χ1v) is 18.9. The Morgan fingerprint density at radius 3 is 2.10 bits per heavy atom. The number of fused-ring (bicyclic) bond motifs is 2. The van der Waals surface area contributed by atoms with Gasteiger partial charge in [0.2, 0.25) is 0 Å². The second-order valence-electron chi connectivity index (χ2n) is 17.2. The molecule has 6 N–H and O–H groups in total. The van der Waals surface area contributed by atoms with Crippen LogP contribution in [0.4, 0.5) is 0 Å². The molecule has 302 valence electrons. The van der Waals surface area contributed by atoms with Crippen LogP contribution in [0.15, 0.2) is 11.3 Å². The van der Waals surface area contributed by atoms with Crippen LogP contribution >= 0.6 is 0 Å². The van der Waals surface area contributed by atoms with Crippen molar-refractivity contribution in [2.75, 3.05) is 7.05 Å². The van der Waals surface area contributed by atoms with E-state index in [1.807, 2.05) is 48.6 Å². The van der Waals surface area contributed by atoms with Crippen molar-refractivity contribution in [2.24, 2.45) is 17.8 Å². The zero-order valence-electron chi connectivity index (χ0n) is 33.3. The number of rotatable bonds is 7. The van der Waals surface area contributed by atoms with Crippen LogP contribution in [0.3, 0.4) is 0 Å². The van der Waals surface area contributed by atoms with Crippen molar-refractivity contribution in [3.63, 3.8) is 0 Å². The van der Waals surface area contributed by atoms with E-state index in [0.29, 0.717) is 18.6 Å². The van der Waals surface area contributed by atoms with Crippen molar-refractivity contribution in [3.8, 4) is 0 Å². The van der Waals surface area contributed by atoms with Gasteiger partial charge in [0.25, 0.3) is 0 Å². The molecule has 14 nitrogen and oxygen atoms in total. The molecule has 0 amide bonds. The van der Waals surface area contributed by atoms with Crippen LogP contribution in [-0.4, -0.2) is 145 Å². The maximum absolute atomic E-state index is 14.1. The predicted molar refractivity (Wildman–Crippen MR) is 189 cm³/mol. The van der Waals surface area contributed by atoms with Crippen LogP contribution in [0.25, 0.3) is 0 Å². The van der Waals surface area contributed by atoms with Gasteiger partial charge in [-0.3, -0.25) is 9.69 Å². The number of carbonyl (C=O) groups excluding carboxylic acids is 1. The van der Waals surface area contributed by atoms with E-state index in [9.17, 15) is 35.4 Å². The van der Waals surface area contributed by atoms with Crippen LogP contribution in [0.2, 0.25) is 0 Å². The molecule has 0 spiro atoms. The number of hydrogen-bond donors (Lipinski definition) is 6. The summed E-state index contributed by atoms with van der Waals surface area (Å²) in [5, 5.41) is 67.7. The molecule has 3 fully saturated rings. The molecule has 1 unspecified atom stereocenters. The molecule has 18 atom stereocenters. The molecule has 2 bridgehead atoms. The first-order valence-electron chi connectivity index (χ1n) is 18.9. The first-order chi connectivity index (χ1) is 23.8. The minimum atomic E-state index is -2.12. The van der Waals surface area contributed by atoms with Gasteiger partial charge >= 0.3 is 5.97 Å². The van der Waals surface area contributed by atoms with E-state index in [2.05, 4.69) is 4.90 Å². The van der Waals surface area contributed by atoms with Gasteiger partial charge in [0.15, 0.2) is 18.7 Å². The first kappa shape index (κ1) is 43.3. The summed E-state index contributed by atoms with van der Waals surface area (Å²) in [6, 6.07) is -0.151. The van der Waals surface area contributed by atoms with Crippen molar-refractivity contribution >= 4 is 5.97 Å². The summed E-state index contributed by atoms with van der Waals surface area (Å²) >= 11 is 0. The maximum atomic E-state index is 14.1. The number of aliphatic hydroxyl groups is 6. The summed E-state index contributed by atoms with van der Waals surface area (Å²) in [6.45, 7) is 20.7. The van der Waals surface area contributed by atoms with E-state index < -0.39 is 102 Å². The Kier molecular flexibility index (Phi) is 13.3. The molecule has 3 saturated heterocycles. The van der Waals surface area contributed by atoms with Gasteiger partial charge in [0.05, 0.1) is 42.0 Å². The smallest absolute Gasteiger partial charge is 0.311 e. The lowest BCUT2D eigenvalue weighted by atomic mass is 9.78. The Morgan fingerprint density at radius 1 is 0.923 bits per heavy atom. The Bertz CT molecular complexity index is 1270. The molecule has 0 radical (unpaired) electrons. The summed E-state index contributed by atoms with van der Waals surface area (Å²) in [4.78, 5) is 16.2. The normalized spacial score (nSPS) is 48.8. The summed E-state index contributed by atoms with van der Waals surface area (Å²) < 4.78 is 38.5. The van der Waals surface area contributed by atoms with Crippen molar-refractivity contribution in [2.45, 2.75) is 199 Å². The lowest BCUT2D eigenvalue weighted by Gasteiger charge is -2.48. The fourth-order valence-corrected chi connectivity index (χ4v) is 8.87. The van der Waals surface area contributed by atoms with Crippen LogP contribution in [-0.2, 0) is 33.2 Å². The summed E-state index contributed by atoms with van der Waals surface area (Å²) in [7, 11) is 1.95. The highest BCUT2D eigenvalue weighted by atomic mass is 16.7. The quantitative estimate of drug-likeness (QED) is 0.207. The number of nitrogens with zero attached hydrogens (tertiary/aromatic N) is 1. The minimum Gasteiger partial charge on any atom is -0.489 e. The zero-order valence-corrected chi connectivity index (χ0v) is 33.3. The standard InChI is InChI=1S/C38H67NO13/c1-17(2)39(13)25-14-19(4)47-35(27(25)41)51-32-21(6)29(49-26-16-36(10,45)31(43)24(9)48-26)22(7)34(44)50-33(23(8)40)38(12,46)30(42)20(5)28-18(3)15-37(32,11)52-28/h17,19-27,29-33,35,40-43,45-46H,14-16H2,1-13H3/t19-,20+,21+,22-,23?,24+,25+,26+,27-,29+,30-,31+,32-,33-,35+,36-,37-,38+/m1/s1. The highest BCUT2D eigenvalue weighted by Crippen LogP contribution is 2.47. The monoisotopic (exact) mass is 745 g/mol. The highest BCUT2D eigenvalue weighted by Gasteiger charge is 2.56. The lowest BCUT2D eigenvalue weighted by molar-refractivity contribution is -0.316. The van der Waals surface area contributed by atoms with Gasteiger partial charge in [-0.25, -0.2) is 0 Å². The van der Waals surface area contributed by atoms with Gasteiger partial charge in [-0.2, -0.15) is 0 Å². The Balaban J connectivity index is 1.85. The molecular weight excluding hydrogens is 678 g/mol. The lowest BCUT2D eigenvalue weighted by Crippen LogP contribution is -2.61. The maximum Gasteiger partial charge on any atom is 0.311 e. The topological polar surface area (TPSA) is 197 Å². The molecule has 4 aliphatic rings. The Hall–Kier alpha value is -1.43. The Labute approximate surface area is 309 Å². The van der Waals surface area contributed by atoms with Crippen molar-refractivity contribution in [3.05, 3.63) is 11.3 Å². The molecule has 4 rings (SSSR count). The molecule has 0 aromatic carbocycles. The molecule has 4 heterocycles. The van der Waals surface area contributed by atoms with Crippen LogP contribution < -0.4 is 0 Å². The average Bonchev–Trinajstić information content (AvgIpc) is 3.36. The van der Waals surface area contributed by atoms with Crippen molar-refractivity contribution in [1.82, 2.24) is 4.90 Å². The minimum absolute atomic E-state index is 0.118. The van der Waals surface area contributed by atoms with E-state index in [4.69, 9.17) is 28.4 Å². The third kappa shape index (κ3) is 8.52. The van der Waals surface area contributed by atoms with E-state index in [-0.39, 0.29) is 24.6 Å². The van der Waals surface area contributed by atoms with Crippen LogP contribution in [0.5, 0.6) is 0 Å². The zero-order chi connectivity index (χ0) is 39.4. The second-order valence-corrected chi connectivity index (χ2v) is 17.2. The number of likely N-dealkylation sites (N-methyl/N-ethyl adjacent to an activating group) is 1. The third-order valence-electron chi connectivity index (χ3n) is 12.2. The number of carbonyl (C=O) groups is 1. The van der Waals surface area contributed by atoms with Crippen LogP contribution in [0, 0.1) is 17.8 Å². The molecule has 14 heteroatoms. The molecule has 0 saturated carbocycles. The van der Waals surface area contributed by atoms with Crippen molar-refractivity contribution in [1.29, 1.82) is 0 Å². The summed E-state index contributed by atoms with van der Waals surface area (Å²) in [5.41, 5.74) is -4.05. The fraction of sp³-hybridized carbons (Fsp3) is 0.921. The van der Waals surface area contributed by atoms with Crippen LogP contribution in [0.1, 0.15) is 102 Å². The molecule has 0 aromatic rings. The van der Waals surface area contributed by atoms with Gasteiger partial charge in [0.1, 0.15) is 35.3 Å². The number of hydrogen-bond acceptors (Lipinski definition) is 14. The van der Waals surface area contributed by atoms with Gasteiger partial charge in [0, 0.05) is 36.8 Å². The van der Waals surface area contributed by atoms with Gasteiger partial charge in [-0.1, -0.05) is 13.8 Å². The molecule has 4 aliphatic heterocycles. The summed E-state index contributed by atoms with van der Waals surface area (Å²) in [6.07, 6.45) is -11.1. The Morgan fingerprint density at radius 2 is 1.54 bits per heavy atom. The second kappa shape index (κ2) is 16.0. The van der Waals surface area contributed by atoms with E-state index in [1.165, 1.54) is 20.8 Å².